The lowest BCUT2D eigenvalue weighted by Gasteiger charge is -1.82. The molecule has 0 saturated carbocycles. The molecule has 3 N–H and O–H groups in total. The van der Waals surface area contributed by atoms with E-state index in [9.17, 15) is 0 Å². The zero-order valence-corrected chi connectivity index (χ0v) is 8.75. The van der Waals surface area contributed by atoms with Crippen molar-refractivity contribution in [3.8, 4) is 0 Å². The number of phosphoric acid groups is 1. The molecule has 0 aliphatic rings. The van der Waals surface area contributed by atoms with Crippen LogP contribution in [0, 0.1) is 0 Å². The second-order valence-corrected chi connectivity index (χ2v) is 3.66. The summed E-state index contributed by atoms with van der Waals surface area (Å²) in [6.45, 7) is 2.21. The van der Waals surface area contributed by atoms with Crippen LogP contribution >= 0.6 is 30.4 Å². The predicted octanol–water partition coefficient (Wildman–Crippen LogP) is 1.29. The number of alkyl halides is 1. The highest BCUT2D eigenvalue weighted by molar-refractivity contribution is 14.1. The molecule has 0 aromatic rings. The van der Waals surface area contributed by atoms with Gasteiger partial charge in [0, 0.05) is 0 Å². The van der Waals surface area contributed by atoms with Gasteiger partial charge in [0.2, 0.25) is 0 Å². The maximum Gasteiger partial charge on any atom is 0.466 e. The molecule has 10 heavy (non-hydrogen) atoms. The summed E-state index contributed by atoms with van der Waals surface area (Å²) in [5.41, 5.74) is 0. The van der Waals surface area contributed by atoms with Gasteiger partial charge in [-0.05, 0) is 10.8 Å². The summed E-state index contributed by atoms with van der Waals surface area (Å²) in [5, 5.41) is 0. The highest BCUT2D eigenvalue weighted by Crippen LogP contribution is 2.25. The van der Waals surface area contributed by atoms with Crippen molar-refractivity contribution in [2.75, 3.05) is 4.43 Å². The maximum atomic E-state index is 8.88. The molecule has 0 aliphatic heterocycles. The van der Waals surface area contributed by atoms with Gasteiger partial charge in [0.15, 0.2) is 0 Å². The summed E-state index contributed by atoms with van der Waals surface area (Å²) in [5.74, 6) is 0. The molecule has 0 rings (SSSR count). The number of rotatable bonds is 2. The van der Waals surface area contributed by atoms with Crippen LogP contribution in [0.15, 0.2) is 0 Å². The van der Waals surface area contributed by atoms with Crippen LogP contribution in [0.4, 0.5) is 0 Å². The molecule has 0 aliphatic carbocycles. The molecule has 0 bridgehead atoms. The van der Waals surface area contributed by atoms with E-state index in [0.29, 0.717) is 0 Å². The molecule has 64 valence electrons. The van der Waals surface area contributed by atoms with Crippen molar-refractivity contribution < 1.29 is 19.2 Å². The normalized spacial score (nSPS) is 10.1. The summed E-state index contributed by atoms with van der Waals surface area (Å²) in [6.07, 6.45) is 2.71. The first-order valence-electron chi connectivity index (χ1n) is 2.76. The molecule has 0 radical (unpaired) electrons. The fourth-order valence-corrected chi connectivity index (χ4v) is 0.896. The molecular formula is C4H12IO4P. The van der Waals surface area contributed by atoms with Gasteiger partial charge in [-0.3, -0.25) is 0 Å². The lowest BCUT2D eigenvalue weighted by Crippen LogP contribution is -1.66. The third-order valence-corrected chi connectivity index (χ3v) is 1.25. The average Bonchev–Trinajstić information content (AvgIpc) is 1.63. The highest BCUT2D eigenvalue weighted by atomic mass is 127. The number of hydrogen-bond acceptors (Lipinski definition) is 1. The van der Waals surface area contributed by atoms with Crippen LogP contribution in [-0.4, -0.2) is 19.1 Å². The number of hydrogen-bond donors (Lipinski definition) is 3. The molecule has 6 heteroatoms. The Labute approximate surface area is 74.0 Å². The standard InChI is InChI=1S/C4H9I.H3O4P/c1-2-3-4-5;1-5(2,3)4/h2-4H2,1H3;(H3,1,2,3,4). The Morgan fingerprint density at radius 2 is 1.70 bits per heavy atom. The van der Waals surface area contributed by atoms with Gasteiger partial charge in [0.05, 0.1) is 0 Å². The van der Waals surface area contributed by atoms with Crippen molar-refractivity contribution in [2.24, 2.45) is 0 Å². The minimum atomic E-state index is -4.64. The largest absolute Gasteiger partial charge is 0.466 e. The van der Waals surface area contributed by atoms with Crippen LogP contribution in [0.3, 0.4) is 0 Å². The average molecular weight is 282 g/mol. The van der Waals surface area contributed by atoms with E-state index >= 15 is 0 Å². The first-order valence-corrected chi connectivity index (χ1v) is 5.85. The van der Waals surface area contributed by atoms with E-state index in [-0.39, 0.29) is 0 Å². The molecule has 4 nitrogen and oxygen atoms in total. The molecule has 0 aromatic heterocycles. The minimum absolute atomic E-state index is 1.31. The molecule has 0 spiro atoms. The van der Waals surface area contributed by atoms with Gasteiger partial charge in [0.1, 0.15) is 0 Å². The van der Waals surface area contributed by atoms with Crippen molar-refractivity contribution in [3.63, 3.8) is 0 Å². The summed E-state index contributed by atoms with van der Waals surface area (Å²) in [7, 11) is -4.64. The van der Waals surface area contributed by atoms with Crippen molar-refractivity contribution in [1.82, 2.24) is 0 Å². The first kappa shape index (κ1) is 13.4. The van der Waals surface area contributed by atoms with Crippen molar-refractivity contribution in [1.29, 1.82) is 0 Å². The monoisotopic (exact) mass is 282 g/mol. The lowest BCUT2D eigenvalue weighted by molar-refractivity contribution is 0.275. The summed E-state index contributed by atoms with van der Waals surface area (Å²) in [4.78, 5) is 21.6. The molecule has 0 unspecified atom stereocenters. The molecule has 0 atom stereocenters. The van der Waals surface area contributed by atoms with Gasteiger partial charge < -0.3 is 14.7 Å². The summed E-state index contributed by atoms with van der Waals surface area (Å²) >= 11 is 2.39. The van der Waals surface area contributed by atoms with Crippen LogP contribution in [0.1, 0.15) is 19.8 Å². The highest BCUT2D eigenvalue weighted by Gasteiger charge is 2.00. The Bertz CT molecular complexity index is 91.2. The van der Waals surface area contributed by atoms with Gasteiger partial charge in [0.25, 0.3) is 0 Å². The number of unbranched alkanes of at least 4 members (excludes halogenated alkanes) is 1. The van der Waals surface area contributed by atoms with Crippen molar-refractivity contribution in [2.45, 2.75) is 19.8 Å². The van der Waals surface area contributed by atoms with E-state index in [0.717, 1.165) is 0 Å². The lowest BCUT2D eigenvalue weighted by atomic mass is 10.4. The smallest absolute Gasteiger partial charge is 0.303 e. The van der Waals surface area contributed by atoms with Gasteiger partial charge in [-0.15, -0.1) is 0 Å². The molecule has 0 fully saturated rings. The second-order valence-electron chi connectivity index (χ2n) is 1.56. The Balaban J connectivity index is 0. The third kappa shape index (κ3) is 67.4. The minimum Gasteiger partial charge on any atom is -0.303 e. The van der Waals surface area contributed by atoms with Crippen molar-refractivity contribution in [3.05, 3.63) is 0 Å². The summed E-state index contributed by atoms with van der Waals surface area (Å²) in [6, 6.07) is 0. The van der Waals surface area contributed by atoms with E-state index in [1.54, 1.807) is 0 Å². The van der Waals surface area contributed by atoms with Gasteiger partial charge in [-0.1, -0.05) is 35.9 Å². The van der Waals surface area contributed by atoms with E-state index in [1.165, 1.54) is 17.3 Å². The van der Waals surface area contributed by atoms with E-state index < -0.39 is 7.82 Å². The Morgan fingerprint density at radius 3 is 1.70 bits per heavy atom. The van der Waals surface area contributed by atoms with Gasteiger partial charge in [-0.2, -0.15) is 0 Å². The van der Waals surface area contributed by atoms with Crippen LogP contribution in [0.2, 0.25) is 0 Å². The topological polar surface area (TPSA) is 77.8 Å². The SMILES string of the molecule is CCCCI.O=P(O)(O)O. The Kier molecular flexibility index (Phi) is 10.7. The van der Waals surface area contributed by atoms with E-state index in [2.05, 4.69) is 29.5 Å². The second kappa shape index (κ2) is 7.94. The third-order valence-electron chi connectivity index (χ3n) is 0.487. The molecular weight excluding hydrogens is 270 g/mol. The molecule has 0 saturated heterocycles. The Hall–Kier alpha value is 0.840. The van der Waals surface area contributed by atoms with Crippen LogP contribution < -0.4 is 0 Å². The zero-order valence-electron chi connectivity index (χ0n) is 5.70. The quantitative estimate of drug-likeness (QED) is 0.405. The van der Waals surface area contributed by atoms with E-state index in [4.69, 9.17) is 19.2 Å². The predicted molar refractivity (Wildman–Crippen MR) is 48.1 cm³/mol. The Morgan fingerprint density at radius 1 is 1.40 bits per heavy atom. The van der Waals surface area contributed by atoms with E-state index in [1.807, 2.05) is 0 Å². The molecule has 0 heterocycles. The van der Waals surface area contributed by atoms with Gasteiger partial charge in [-0.25, -0.2) is 4.57 Å². The molecule has 0 aromatic carbocycles. The summed E-state index contributed by atoms with van der Waals surface area (Å²) < 4.78 is 10.2. The van der Waals surface area contributed by atoms with Crippen molar-refractivity contribution >= 4 is 30.4 Å². The zero-order chi connectivity index (χ0) is 8.62. The molecule has 0 amide bonds. The fourth-order valence-electron chi connectivity index (χ4n) is 0.134. The van der Waals surface area contributed by atoms with Crippen LogP contribution in [0.5, 0.6) is 0 Å². The maximum absolute atomic E-state index is 8.88. The van der Waals surface area contributed by atoms with Crippen LogP contribution in [-0.2, 0) is 4.57 Å². The number of halogens is 1. The van der Waals surface area contributed by atoms with Gasteiger partial charge >= 0.3 is 7.82 Å². The first-order chi connectivity index (χ1) is 4.41. The fraction of sp³-hybridized carbons (Fsp3) is 1.00. The van der Waals surface area contributed by atoms with Crippen LogP contribution in [0.25, 0.3) is 0 Å².